The summed E-state index contributed by atoms with van der Waals surface area (Å²) in [7, 11) is -4.24. The minimum Gasteiger partial charge on any atom is -0.352 e. The summed E-state index contributed by atoms with van der Waals surface area (Å²) >= 11 is 6.05. The molecule has 4 aromatic carbocycles. The van der Waals surface area contributed by atoms with Crippen LogP contribution in [0.4, 0.5) is 10.1 Å². The van der Waals surface area contributed by atoms with Gasteiger partial charge in [0.15, 0.2) is 0 Å². The molecule has 0 heterocycles. The van der Waals surface area contributed by atoms with E-state index in [0.29, 0.717) is 16.3 Å². The molecule has 1 atom stereocenters. The fourth-order valence-electron chi connectivity index (χ4n) is 5.75. The molecule has 0 spiro atoms. The molecule has 2 amide bonds. The van der Waals surface area contributed by atoms with E-state index in [4.69, 9.17) is 11.6 Å². The van der Waals surface area contributed by atoms with Gasteiger partial charge in [-0.15, -0.1) is 0 Å². The lowest BCUT2D eigenvalue weighted by Crippen LogP contribution is -2.54. The molecular formula is C36H37ClFN3O4S. The molecule has 4 aromatic rings. The molecule has 0 bridgehead atoms. The van der Waals surface area contributed by atoms with Gasteiger partial charge in [0.1, 0.15) is 18.4 Å². The van der Waals surface area contributed by atoms with Crippen molar-refractivity contribution in [2.45, 2.75) is 62.6 Å². The van der Waals surface area contributed by atoms with Crippen molar-refractivity contribution in [1.82, 2.24) is 10.2 Å². The van der Waals surface area contributed by atoms with Gasteiger partial charge in [0.05, 0.1) is 10.6 Å². The summed E-state index contributed by atoms with van der Waals surface area (Å²) in [6, 6.07) is 26.8. The highest BCUT2D eigenvalue weighted by molar-refractivity contribution is 7.92. The first-order valence-electron chi connectivity index (χ1n) is 15.3. The average molecular weight is 662 g/mol. The molecule has 0 saturated heterocycles. The highest BCUT2D eigenvalue weighted by Gasteiger charge is 2.35. The lowest BCUT2D eigenvalue weighted by Gasteiger charge is -2.34. The molecular weight excluding hydrogens is 625 g/mol. The third kappa shape index (κ3) is 8.33. The zero-order chi connectivity index (χ0) is 32.7. The Morgan fingerprint density at radius 2 is 1.57 bits per heavy atom. The minimum absolute atomic E-state index is 0.00243. The number of amides is 2. The molecule has 1 N–H and O–H groups in total. The van der Waals surface area contributed by atoms with Gasteiger partial charge in [-0.1, -0.05) is 79.0 Å². The molecule has 46 heavy (non-hydrogen) atoms. The predicted molar refractivity (Wildman–Crippen MR) is 178 cm³/mol. The van der Waals surface area contributed by atoms with Crippen LogP contribution in [0.15, 0.2) is 108 Å². The van der Waals surface area contributed by atoms with Crippen LogP contribution < -0.4 is 9.62 Å². The number of rotatable bonds is 12. The summed E-state index contributed by atoms with van der Waals surface area (Å²) in [4.78, 5) is 30.0. The van der Waals surface area contributed by atoms with Crippen LogP contribution in [0.2, 0.25) is 5.02 Å². The highest BCUT2D eigenvalue weighted by Crippen LogP contribution is 2.27. The third-order valence-electron chi connectivity index (χ3n) is 8.21. The maximum absolute atomic E-state index is 14.5. The van der Waals surface area contributed by atoms with Crippen molar-refractivity contribution in [2.75, 3.05) is 10.8 Å². The molecule has 0 aromatic heterocycles. The predicted octanol–water partition coefficient (Wildman–Crippen LogP) is 6.68. The first kappa shape index (κ1) is 33.2. The van der Waals surface area contributed by atoms with E-state index in [9.17, 15) is 22.4 Å². The van der Waals surface area contributed by atoms with Crippen molar-refractivity contribution in [3.8, 4) is 0 Å². The monoisotopic (exact) mass is 661 g/mol. The standard InChI is InChI=1S/C36H37ClFN3O4S/c1-26-8-7-13-32(22-26)41(46(44,45)33-20-16-29(37)17-21-33)25-35(42)40(24-28-14-18-30(38)19-15-28)34(23-27-9-3-2-4-10-27)36(43)39-31-11-5-6-12-31/h2-4,7-10,13-22,31,34H,5-6,11-12,23-25H2,1H3,(H,39,43)/t34-/m0/s1. The van der Waals surface area contributed by atoms with E-state index in [1.165, 1.54) is 41.3 Å². The Bertz CT molecular complexity index is 1750. The lowest BCUT2D eigenvalue weighted by molar-refractivity contribution is -0.140. The van der Waals surface area contributed by atoms with Crippen LogP contribution in [0.25, 0.3) is 0 Å². The van der Waals surface area contributed by atoms with Crippen molar-refractivity contribution in [3.05, 3.63) is 131 Å². The average Bonchev–Trinajstić information content (AvgIpc) is 3.56. The number of hydrogen-bond donors (Lipinski definition) is 1. The fourth-order valence-corrected chi connectivity index (χ4v) is 7.29. The zero-order valence-corrected chi connectivity index (χ0v) is 27.2. The summed E-state index contributed by atoms with van der Waals surface area (Å²) in [6.45, 7) is 1.23. The van der Waals surface area contributed by atoms with Gasteiger partial charge >= 0.3 is 0 Å². The van der Waals surface area contributed by atoms with Crippen LogP contribution in [-0.2, 0) is 32.6 Å². The van der Waals surface area contributed by atoms with Gasteiger partial charge in [-0.05, 0) is 85.0 Å². The van der Waals surface area contributed by atoms with Crippen LogP contribution in [0.1, 0.15) is 42.4 Å². The van der Waals surface area contributed by atoms with Gasteiger partial charge in [-0.3, -0.25) is 13.9 Å². The van der Waals surface area contributed by atoms with Crippen molar-refractivity contribution in [2.24, 2.45) is 0 Å². The smallest absolute Gasteiger partial charge is 0.264 e. The Kier molecular flexibility index (Phi) is 10.8. The second-order valence-corrected chi connectivity index (χ2v) is 13.9. The molecule has 10 heteroatoms. The van der Waals surface area contributed by atoms with E-state index < -0.39 is 34.3 Å². The van der Waals surface area contributed by atoms with Crippen LogP contribution in [0.3, 0.4) is 0 Å². The van der Waals surface area contributed by atoms with Crippen LogP contribution in [0.5, 0.6) is 0 Å². The number of anilines is 1. The molecule has 1 saturated carbocycles. The highest BCUT2D eigenvalue weighted by atomic mass is 35.5. The normalized spacial score (nSPS) is 14.1. The van der Waals surface area contributed by atoms with Gasteiger partial charge in [0.25, 0.3) is 10.0 Å². The summed E-state index contributed by atoms with van der Waals surface area (Å²) in [5.74, 6) is -1.32. The molecule has 0 unspecified atom stereocenters. The van der Waals surface area contributed by atoms with E-state index >= 15 is 0 Å². The maximum Gasteiger partial charge on any atom is 0.264 e. The molecule has 1 fully saturated rings. The van der Waals surface area contributed by atoms with E-state index in [2.05, 4.69) is 5.32 Å². The summed E-state index contributed by atoms with van der Waals surface area (Å²) in [5, 5.41) is 3.52. The number of sulfonamides is 1. The first-order chi connectivity index (χ1) is 22.1. The minimum atomic E-state index is -4.24. The lowest BCUT2D eigenvalue weighted by atomic mass is 10.0. The molecule has 240 valence electrons. The Morgan fingerprint density at radius 3 is 2.22 bits per heavy atom. The number of carbonyl (C=O) groups is 2. The summed E-state index contributed by atoms with van der Waals surface area (Å²) < 4.78 is 43.2. The third-order valence-corrected chi connectivity index (χ3v) is 10.2. The van der Waals surface area contributed by atoms with E-state index in [0.717, 1.165) is 41.1 Å². The van der Waals surface area contributed by atoms with Gasteiger partial charge in [0, 0.05) is 24.0 Å². The molecule has 1 aliphatic rings. The van der Waals surface area contributed by atoms with Crippen LogP contribution in [-0.4, -0.2) is 43.8 Å². The topological polar surface area (TPSA) is 86.8 Å². The number of hydrogen-bond acceptors (Lipinski definition) is 4. The summed E-state index contributed by atoms with van der Waals surface area (Å²) in [5.41, 5.74) is 2.56. The Hall–Kier alpha value is -4.21. The van der Waals surface area contributed by atoms with E-state index in [-0.39, 0.29) is 29.8 Å². The Labute approximate surface area is 275 Å². The number of nitrogens with one attached hydrogen (secondary N) is 1. The van der Waals surface area contributed by atoms with Crippen LogP contribution in [0, 0.1) is 12.7 Å². The number of benzene rings is 4. The second kappa shape index (κ2) is 14.9. The number of halogens is 2. The van der Waals surface area contributed by atoms with Gasteiger partial charge in [-0.25, -0.2) is 12.8 Å². The number of carbonyl (C=O) groups excluding carboxylic acids is 2. The largest absolute Gasteiger partial charge is 0.352 e. The van der Waals surface area contributed by atoms with Gasteiger partial charge in [-0.2, -0.15) is 0 Å². The van der Waals surface area contributed by atoms with E-state index in [1.807, 2.05) is 43.3 Å². The van der Waals surface area contributed by atoms with Crippen molar-refractivity contribution in [3.63, 3.8) is 0 Å². The molecule has 1 aliphatic carbocycles. The SMILES string of the molecule is Cc1cccc(N(CC(=O)N(Cc2ccc(F)cc2)[C@@H](Cc2ccccc2)C(=O)NC2CCCC2)S(=O)(=O)c2ccc(Cl)cc2)c1. The molecule has 0 radical (unpaired) electrons. The molecule has 0 aliphatic heterocycles. The van der Waals surface area contributed by atoms with Gasteiger partial charge < -0.3 is 10.2 Å². The number of nitrogens with zero attached hydrogens (tertiary/aromatic N) is 2. The second-order valence-electron chi connectivity index (χ2n) is 11.6. The Balaban J connectivity index is 1.56. The molecule has 7 nitrogen and oxygen atoms in total. The first-order valence-corrected chi connectivity index (χ1v) is 17.1. The Morgan fingerprint density at radius 1 is 0.891 bits per heavy atom. The van der Waals surface area contributed by atoms with Crippen molar-refractivity contribution >= 4 is 39.1 Å². The van der Waals surface area contributed by atoms with Crippen molar-refractivity contribution < 1.29 is 22.4 Å². The van der Waals surface area contributed by atoms with E-state index in [1.54, 1.807) is 30.3 Å². The zero-order valence-electron chi connectivity index (χ0n) is 25.6. The van der Waals surface area contributed by atoms with Crippen LogP contribution >= 0.6 is 11.6 Å². The fraction of sp³-hybridized carbons (Fsp3) is 0.278. The summed E-state index contributed by atoms with van der Waals surface area (Å²) in [6.07, 6.45) is 3.95. The maximum atomic E-state index is 14.5. The quantitative estimate of drug-likeness (QED) is 0.184. The van der Waals surface area contributed by atoms with Gasteiger partial charge in [0.2, 0.25) is 11.8 Å². The molecule has 5 rings (SSSR count). The number of aryl methyl sites for hydroxylation is 1. The van der Waals surface area contributed by atoms with Crippen molar-refractivity contribution in [1.29, 1.82) is 0 Å².